The fourth-order valence-corrected chi connectivity index (χ4v) is 5.84. The number of ether oxygens (including phenoxy) is 1. The minimum Gasteiger partial charge on any atom is -0.497 e. The van der Waals surface area contributed by atoms with Gasteiger partial charge in [-0.1, -0.05) is 42.8 Å². The number of hydrogen-bond donors (Lipinski definition) is 1. The highest BCUT2D eigenvalue weighted by molar-refractivity contribution is 7.92. The lowest BCUT2D eigenvalue weighted by molar-refractivity contribution is -0.385. The van der Waals surface area contributed by atoms with Gasteiger partial charge in [-0.15, -0.1) is 0 Å². The Kier molecular flexibility index (Phi) is 11.1. The lowest BCUT2D eigenvalue weighted by atomic mass is 10.1. The van der Waals surface area contributed by atoms with Crippen LogP contribution in [0.1, 0.15) is 38.3 Å². The molecule has 0 aliphatic heterocycles. The molecule has 0 bridgehead atoms. The van der Waals surface area contributed by atoms with Crippen molar-refractivity contribution < 1.29 is 27.7 Å². The van der Waals surface area contributed by atoms with Gasteiger partial charge in [0.15, 0.2) is 0 Å². The number of sulfonamides is 1. The molecule has 0 aromatic heterocycles. The number of amides is 2. The molecule has 230 valence electrons. The van der Waals surface area contributed by atoms with E-state index in [2.05, 4.69) is 5.32 Å². The van der Waals surface area contributed by atoms with Gasteiger partial charge in [0, 0.05) is 29.2 Å². The summed E-state index contributed by atoms with van der Waals surface area (Å²) in [5, 5.41) is 14.8. The first kappa shape index (κ1) is 33.3. The molecular weight excluding hydrogens is 596 g/mol. The molecule has 11 nitrogen and oxygen atoms in total. The molecule has 43 heavy (non-hydrogen) atoms. The number of rotatable bonds is 13. The average molecular weight is 631 g/mol. The van der Waals surface area contributed by atoms with E-state index in [9.17, 15) is 28.1 Å². The number of halogens is 1. The van der Waals surface area contributed by atoms with E-state index in [1.807, 2.05) is 13.8 Å². The van der Waals surface area contributed by atoms with Crippen molar-refractivity contribution in [3.8, 4) is 5.75 Å². The molecule has 0 fully saturated rings. The van der Waals surface area contributed by atoms with E-state index >= 15 is 0 Å². The predicted molar refractivity (Wildman–Crippen MR) is 165 cm³/mol. The fraction of sp³-hybridized carbons (Fsp3) is 0.333. The summed E-state index contributed by atoms with van der Waals surface area (Å²) in [6.07, 6.45) is 0.670. The Labute approximate surface area is 256 Å². The summed E-state index contributed by atoms with van der Waals surface area (Å²) < 4.78 is 34.1. The lowest BCUT2D eigenvalue weighted by Crippen LogP contribution is -2.52. The maximum atomic E-state index is 14.0. The van der Waals surface area contributed by atoms with E-state index in [4.69, 9.17) is 16.3 Å². The van der Waals surface area contributed by atoms with E-state index in [0.29, 0.717) is 22.8 Å². The van der Waals surface area contributed by atoms with E-state index in [0.717, 1.165) is 10.4 Å². The van der Waals surface area contributed by atoms with Gasteiger partial charge < -0.3 is 15.0 Å². The number of aryl methyl sites for hydroxylation is 1. The molecule has 2 amide bonds. The Bertz CT molecular complexity index is 1580. The Morgan fingerprint density at radius 3 is 2.30 bits per heavy atom. The molecule has 3 aromatic carbocycles. The van der Waals surface area contributed by atoms with Crippen LogP contribution in [0, 0.1) is 17.0 Å². The summed E-state index contributed by atoms with van der Waals surface area (Å²) in [5.41, 5.74) is 0.585. The molecule has 0 aliphatic rings. The topological polar surface area (TPSA) is 139 Å². The summed E-state index contributed by atoms with van der Waals surface area (Å²) in [4.78, 5) is 39.0. The quantitative estimate of drug-likeness (QED) is 0.205. The number of nitro groups is 1. The molecular formula is C30H35ClN4O7S. The highest BCUT2D eigenvalue weighted by atomic mass is 35.5. The molecule has 2 unspecified atom stereocenters. The van der Waals surface area contributed by atoms with E-state index < -0.39 is 39.3 Å². The van der Waals surface area contributed by atoms with Crippen molar-refractivity contribution in [2.24, 2.45) is 0 Å². The number of carbonyl (C=O) groups is 2. The number of nitrogens with one attached hydrogen (secondary N) is 1. The predicted octanol–water partition coefficient (Wildman–Crippen LogP) is 5.09. The summed E-state index contributed by atoms with van der Waals surface area (Å²) in [6.45, 7) is 6.03. The maximum Gasteiger partial charge on any atom is 0.273 e. The molecule has 0 spiro atoms. The third-order valence-electron chi connectivity index (χ3n) is 7.07. The van der Waals surface area contributed by atoms with Gasteiger partial charge in [0.1, 0.15) is 18.3 Å². The molecule has 3 aromatic rings. The zero-order chi connectivity index (χ0) is 31.9. The lowest BCUT2D eigenvalue weighted by Gasteiger charge is -2.32. The van der Waals surface area contributed by atoms with Gasteiger partial charge in [-0.2, -0.15) is 0 Å². The van der Waals surface area contributed by atoms with Crippen molar-refractivity contribution in [1.82, 2.24) is 10.2 Å². The van der Waals surface area contributed by atoms with Crippen LogP contribution < -0.4 is 14.4 Å². The van der Waals surface area contributed by atoms with Crippen LogP contribution in [0.15, 0.2) is 71.6 Å². The molecule has 0 aliphatic carbocycles. The third kappa shape index (κ3) is 8.02. The molecule has 0 radical (unpaired) electrons. The van der Waals surface area contributed by atoms with Gasteiger partial charge in [0.2, 0.25) is 11.8 Å². The number of benzene rings is 3. The van der Waals surface area contributed by atoms with Crippen LogP contribution in [0.2, 0.25) is 5.02 Å². The first-order valence-corrected chi connectivity index (χ1v) is 15.4. The standard InChI is InChI=1S/C30H35ClN4O7S/c1-6-21(3)32-30(37)22(4)33(18-23-9-7-8-10-27(23)31)29(36)19-34(24-12-14-25(42-5)15-13-24)43(40,41)26-16-11-20(2)28(17-26)35(38)39/h7-17,21-22H,6,18-19H2,1-5H3,(H,32,37). The average Bonchev–Trinajstić information content (AvgIpc) is 2.98. The summed E-state index contributed by atoms with van der Waals surface area (Å²) in [5.74, 6) is -0.649. The summed E-state index contributed by atoms with van der Waals surface area (Å²) >= 11 is 6.39. The minimum atomic E-state index is -4.51. The second-order valence-corrected chi connectivity index (χ2v) is 12.3. The normalized spacial score (nSPS) is 12.6. The van der Waals surface area contributed by atoms with Crippen LogP contribution in [0.4, 0.5) is 11.4 Å². The maximum absolute atomic E-state index is 14.0. The second kappa shape index (κ2) is 14.3. The number of anilines is 1. The number of hydrogen-bond acceptors (Lipinski definition) is 7. The zero-order valence-electron chi connectivity index (χ0n) is 24.6. The largest absolute Gasteiger partial charge is 0.497 e. The van der Waals surface area contributed by atoms with Gasteiger partial charge >= 0.3 is 0 Å². The van der Waals surface area contributed by atoms with Crippen molar-refractivity contribution in [1.29, 1.82) is 0 Å². The van der Waals surface area contributed by atoms with Gasteiger partial charge in [-0.25, -0.2) is 8.42 Å². The zero-order valence-corrected chi connectivity index (χ0v) is 26.2. The van der Waals surface area contributed by atoms with Crippen molar-refractivity contribution in [2.45, 2.75) is 57.6 Å². The van der Waals surface area contributed by atoms with Crippen LogP contribution in [-0.2, 0) is 26.2 Å². The Morgan fingerprint density at radius 1 is 1.07 bits per heavy atom. The van der Waals surface area contributed by atoms with Crippen LogP contribution in [0.3, 0.4) is 0 Å². The molecule has 0 heterocycles. The molecule has 0 saturated heterocycles. The summed E-state index contributed by atoms with van der Waals surface area (Å²) in [6, 6.07) is 15.2. The molecule has 2 atom stereocenters. The number of nitro benzene ring substituents is 1. The highest BCUT2D eigenvalue weighted by Gasteiger charge is 2.34. The molecule has 3 rings (SSSR count). The van der Waals surface area contributed by atoms with Crippen molar-refractivity contribution in [3.05, 3.63) is 93.0 Å². The summed E-state index contributed by atoms with van der Waals surface area (Å²) in [7, 11) is -3.06. The van der Waals surface area contributed by atoms with Gasteiger partial charge in [-0.3, -0.25) is 24.0 Å². The number of nitrogens with zero attached hydrogens (tertiary/aromatic N) is 3. The van der Waals surface area contributed by atoms with Crippen molar-refractivity contribution >= 4 is 44.8 Å². The number of methoxy groups -OCH3 is 1. The smallest absolute Gasteiger partial charge is 0.273 e. The molecule has 0 saturated carbocycles. The van der Waals surface area contributed by atoms with Gasteiger partial charge in [-0.05, 0) is 69.2 Å². The third-order valence-corrected chi connectivity index (χ3v) is 9.21. The minimum absolute atomic E-state index is 0.0693. The fourth-order valence-electron chi connectivity index (χ4n) is 4.21. The highest BCUT2D eigenvalue weighted by Crippen LogP contribution is 2.30. The Balaban J connectivity index is 2.10. The van der Waals surface area contributed by atoms with Crippen LogP contribution in [0.25, 0.3) is 0 Å². The van der Waals surface area contributed by atoms with Crippen LogP contribution in [-0.4, -0.2) is 55.8 Å². The molecule has 13 heteroatoms. The monoisotopic (exact) mass is 630 g/mol. The second-order valence-electron chi connectivity index (χ2n) is 10.0. The first-order valence-electron chi connectivity index (χ1n) is 13.5. The first-order chi connectivity index (χ1) is 20.3. The van der Waals surface area contributed by atoms with Crippen molar-refractivity contribution in [3.63, 3.8) is 0 Å². The van der Waals surface area contributed by atoms with E-state index in [1.54, 1.807) is 31.2 Å². The van der Waals surface area contributed by atoms with E-state index in [-0.39, 0.29) is 34.4 Å². The SMILES string of the molecule is CCC(C)NC(=O)C(C)N(Cc1ccccc1Cl)C(=O)CN(c1ccc(OC)cc1)S(=O)(=O)c1ccc(C)c([N+](=O)[O-])c1. The van der Waals surface area contributed by atoms with Crippen molar-refractivity contribution in [2.75, 3.05) is 18.0 Å². The van der Waals surface area contributed by atoms with Crippen LogP contribution >= 0.6 is 11.6 Å². The Hall–Kier alpha value is -4.16. The van der Waals surface area contributed by atoms with E-state index in [1.165, 1.54) is 55.3 Å². The number of carbonyl (C=O) groups excluding carboxylic acids is 2. The van der Waals surface area contributed by atoms with Crippen LogP contribution in [0.5, 0.6) is 5.75 Å². The van der Waals surface area contributed by atoms with Gasteiger partial charge in [0.25, 0.3) is 15.7 Å². The molecule has 1 N–H and O–H groups in total. The van der Waals surface area contributed by atoms with Gasteiger partial charge in [0.05, 0.1) is 22.6 Å². The Morgan fingerprint density at radius 2 is 1.72 bits per heavy atom.